The average Bonchev–Trinajstić information content (AvgIpc) is 2.33. The first-order chi connectivity index (χ1) is 9.28. The van der Waals surface area contributed by atoms with E-state index in [2.05, 4.69) is 10.1 Å². The second-order valence-electron chi connectivity index (χ2n) is 4.25. The number of benzene rings is 1. The zero-order valence-electron chi connectivity index (χ0n) is 10.8. The zero-order chi connectivity index (χ0) is 15.2. The largest absolute Gasteiger partial charge is 0.573 e. The van der Waals surface area contributed by atoms with Gasteiger partial charge in [-0.2, -0.15) is 0 Å². The molecule has 7 heteroatoms. The fourth-order valence-electron chi connectivity index (χ4n) is 1.50. The van der Waals surface area contributed by atoms with Crippen LogP contribution < -0.4 is 10.1 Å². The van der Waals surface area contributed by atoms with Gasteiger partial charge in [-0.15, -0.1) is 24.8 Å². The maximum atomic E-state index is 12.0. The van der Waals surface area contributed by atoms with Crippen molar-refractivity contribution in [1.29, 1.82) is 0 Å². The predicted octanol–water partition coefficient (Wildman–Crippen LogP) is 3.72. The van der Waals surface area contributed by atoms with E-state index in [4.69, 9.17) is 11.6 Å². The highest BCUT2D eigenvalue weighted by Crippen LogP contribution is 2.22. The molecule has 0 heterocycles. The third-order valence-electron chi connectivity index (χ3n) is 2.41. The van der Waals surface area contributed by atoms with Crippen LogP contribution in [0.15, 0.2) is 24.3 Å². The second-order valence-corrected chi connectivity index (χ2v) is 5.00. The van der Waals surface area contributed by atoms with Gasteiger partial charge in [-0.3, -0.25) is 4.79 Å². The van der Waals surface area contributed by atoms with Crippen LogP contribution >= 0.6 is 11.6 Å². The molecule has 0 aliphatic heterocycles. The summed E-state index contributed by atoms with van der Waals surface area (Å²) >= 11 is 5.76. The summed E-state index contributed by atoms with van der Waals surface area (Å²) in [5, 5.41) is 2.71. The molecule has 1 amide bonds. The Labute approximate surface area is 120 Å². The molecule has 0 aliphatic rings. The Morgan fingerprint density at radius 3 is 2.45 bits per heavy atom. The Kier molecular flexibility index (Phi) is 6.13. The van der Waals surface area contributed by atoms with E-state index in [1.165, 1.54) is 12.1 Å². The molecule has 0 spiro atoms. The van der Waals surface area contributed by atoms with Crippen LogP contribution in [0.4, 0.5) is 13.2 Å². The van der Waals surface area contributed by atoms with Crippen LogP contribution in [-0.4, -0.2) is 24.2 Å². The summed E-state index contributed by atoms with van der Waals surface area (Å²) in [6, 6.07) is 4.76. The minimum atomic E-state index is -4.73. The second kappa shape index (κ2) is 7.38. The van der Waals surface area contributed by atoms with Gasteiger partial charge in [0.1, 0.15) is 5.75 Å². The fraction of sp³-hybridized carbons (Fsp3) is 0.462. The van der Waals surface area contributed by atoms with Crippen LogP contribution in [0, 0.1) is 0 Å². The number of halogens is 4. The number of nitrogens with one attached hydrogen (secondary N) is 1. The molecule has 1 unspecified atom stereocenters. The fourth-order valence-corrected chi connectivity index (χ4v) is 1.65. The maximum absolute atomic E-state index is 12.0. The summed E-state index contributed by atoms with van der Waals surface area (Å²) in [7, 11) is 0. The number of carbonyl (C=O) groups is 1. The van der Waals surface area contributed by atoms with Crippen molar-refractivity contribution in [3.8, 4) is 5.75 Å². The number of hydrogen-bond acceptors (Lipinski definition) is 2. The van der Waals surface area contributed by atoms with E-state index in [0.29, 0.717) is 6.54 Å². The molecule has 1 aromatic rings. The lowest BCUT2D eigenvalue weighted by Gasteiger charge is -2.09. The van der Waals surface area contributed by atoms with Crippen molar-refractivity contribution in [2.24, 2.45) is 0 Å². The molecule has 0 aromatic heterocycles. The van der Waals surface area contributed by atoms with Gasteiger partial charge in [0.25, 0.3) is 5.91 Å². The monoisotopic (exact) mass is 309 g/mol. The number of ether oxygens (including phenoxy) is 1. The highest BCUT2D eigenvalue weighted by atomic mass is 35.5. The van der Waals surface area contributed by atoms with Gasteiger partial charge in [-0.1, -0.05) is 0 Å². The van der Waals surface area contributed by atoms with Gasteiger partial charge in [0.15, 0.2) is 0 Å². The Bertz CT molecular complexity index is 432. The van der Waals surface area contributed by atoms with Gasteiger partial charge in [0.2, 0.25) is 0 Å². The molecular weight excluding hydrogens is 295 g/mol. The molecule has 0 radical (unpaired) electrons. The number of amides is 1. The van der Waals surface area contributed by atoms with Crippen LogP contribution in [0.25, 0.3) is 0 Å². The Morgan fingerprint density at radius 2 is 1.95 bits per heavy atom. The number of hydrogen-bond donors (Lipinski definition) is 1. The van der Waals surface area contributed by atoms with E-state index < -0.39 is 6.36 Å². The smallest absolute Gasteiger partial charge is 0.406 e. The van der Waals surface area contributed by atoms with Crippen molar-refractivity contribution in [2.45, 2.75) is 31.5 Å². The van der Waals surface area contributed by atoms with Gasteiger partial charge >= 0.3 is 6.36 Å². The van der Waals surface area contributed by atoms with E-state index >= 15 is 0 Å². The van der Waals surface area contributed by atoms with Crippen molar-refractivity contribution in [1.82, 2.24) is 5.32 Å². The molecule has 3 nitrogen and oxygen atoms in total. The standard InChI is InChI=1S/C13H15ClF3NO2/c1-9(14)3-2-8-18-12(19)10-4-6-11(7-5-10)20-13(15,16)17/h4-7,9H,2-3,8H2,1H3,(H,18,19). The first-order valence-electron chi connectivity index (χ1n) is 6.06. The number of alkyl halides is 4. The van der Waals surface area contributed by atoms with Crippen LogP contribution in [0.3, 0.4) is 0 Å². The van der Waals surface area contributed by atoms with Gasteiger partial charge in [0, 0.05) is 17.5 Å². The molecule has 0 fully saturated rings. The van der Waals surface area contributed by atoms with Crippen LogP contribution in [0.5, 0.6) is 5.75 Å². The van der Waals surface area contributed by atoms with E-state index in [0.717, 1.165) is 25.0 Å². The average molecular weight is 310 g/mol. The van der Waals surface area contributed by atoms with Crippen LogP contribution in [0.1, 0.15) is 30.1 Å². The highest BCUT2D eigenvalue weighted by Gasteiger charge is 2.31. The molecule has 1 atom stereocenters. The van der Waals surface area contributed by atoms with Gasteiger partial charge in [-0.05, 0) is 44.0 Å². The number of rotatable bonds is 6. The summed E-state index contributed by atoms with van der Waals surface area (Å²) in [4.78, 5) is 11.7. The molecule has 0 saturated heterocycles. The van der Waals surface area contributed by atoms with Gasteiger partial charge in [-0.25, -0.2) is 0 Å². The first-order valence-corrected chi connectivity index (χ1v) is 6.49. The molecule has 0 aliphatic carbocycles. The molecule has 0 bridgehead atoms. The van der Waals surface area contributed by atoms with Crippen LogP contribution in [-0.2, 0) is 0 Å². The Hall–Kier alpha value is -1.43. The Balaban J connectivity index is 2.45. The lowest BCUT2D eigenvalue weighted by Crippen LogP contribution is -2.24. The summed E-state index contributed by atoms with van der Waals surface area (Å²) in [6.45, 7) is 2.33. The topological polar surface area (TPSA) is 38.3 Å². The van der Waals surface area contributed by atoms with Crippen molar-refractivity contribution in [3.63, 3.8) is 0 Å². The summed E-state index contributed by atoms with van der Waals surface area (Å²) in [5.74, 6) is -0.698. The molecule has 1 aromatic carbocycles. The molecule has 20 heavy (non-hydrogen) atoms. The van der Waals surface area contributed by atoms with E-state index in [-0.39, 0.29) is 22.6 Å². The van der Waals surface area contributed by atoms with Crippen molar-refractivity contribution < 1.29 is 22.7 Å². The maximum Gasteiger partial charge on any atom is 0.573 e. The Morgan fingerprint density at radius 1 is 1.35 bits per heavy atom. The van der Waals surface area contributed by atoms with Crippen molar-refractivity contribution in [2.75, 3.05) is 6.54 Å². The van der Waals surface area contributed by atoms with E-state index in [1.54, 1.807) is 0 Å². The molecular formula is C13H15ClF3NO2. The third-order valence-corrected chi connectivity index (χ3v) is 2.63. The molecule has 0 saturated carbocycles. The summed E-state index contributed by atoms with van der Waals surface area (Å²) < 4.78 is 39.6. The SMILES string of the molecule is CC(Cl)CCCNC(=O)c1ccc(OC(F)(F)F)cc1. The minimum absolute atomic E-state index is 0.0469. The van der Waals surface area contributed by atoms with E-state index in [9.17, 15) is 18.0 Å². The van der Waals surface area contributed by atoms with Crippen LogP contribution in [0.2, 0.25) is 0 Å². The first kappa shape index (κ1) is 16.6. The molecule has 112 valence electrons. The van der Waals surface area contributed by atoms with Crippen molar-refractivity contribution in [3.05, 3.63) is 29.8 Å². The predicted molar refractivity (Wildman–Crippen MR) is 70.0 cm³/mol. The minimum Gasteiger partial charge on any atom is -0.406 e. The lowest BCUT2D eigenvalue weighted by atomic mass is 10.2. The normalized spacial score (nSPS) is 12.8. The van der Waals surface area contributed by atoms with Gasteiger partial charge < -0.3 is 10.1 Å². The van der Waals surface area contributed by atoms with Gasteiger partial charge in [0.05, 0.1) is 0 Å². The third kappa shape index (κ3) is 6.65. The molecule has 1 N–H and O–H groups in total. The highest BCUT2D eigenvalue weighted by molar-refractivity contribution is 6.20. The molecule has 1 rings (SSSR count). The zero-order valence-corrected chi connectivity index (χ0v) is 11.6. The number of carbonyl (C=O) groups excluding carboxylic acids is 1. The summed E-state index contributed by atoms with van der Waals surface area (Å²) in [5.41, 5.74) is 0.276. The lowest BCUT2D eigenvalue weighted by molar-refractivity contribution is -0.274. The quantitative estimate of drug-likeness (QED) is 0.642. The summed E-state index contributed by atoms with van der Waals surface area (Å²) in [6.07, 6.45) is -3.21. The van der Waals surface area contributed by atoms with Crippen molar-refractivity contribution >= 4 is 17.5 Å². The van der Waals surface area contributed by atoms with E-state index in [1.807, 2.05) is 6.92 Å².